The lowest BCUT2D eigenvalue weighted by molar-refractivity contribution is -0.144. The highest BCUT2D eigenvalue weighted by Gasteiger charge is 2.26. The first-order chi connectivity index (χ1) is 9.21. The zero-order valence-electron chi connectivity index (χ0n) is 13.0. The first-order valence-corrected chi connectivity index (χ1v) is 8.09. The lowest BCUT2D eigenvalue weighted by Crippen LogP contribution is -2.39. The van der Waals surface area contributed by atoms with Crippen LogP contribution in [0.4, 0.5) is 0 Å². The van der Waals surface area contributed by atoms with Gasteiger partial charge in [0.2, 0.25) is 0 Å². The summed E-state index contributed by atoms with van der Waals surface area (Å²) in [5, 5.41) is 0. The largest absolute Gasteiger partial charge is 0.465 e. The number of carbonyl (C=O) groups excluding carboxylic acids is 1. The van der Waals surface area contributed by atoms with Crippen molar-refractivity contribution in [3.8, 4) is 0 Å². The molecule has 0 aromatic rings. The molecule has 3 nitrogen and oxygen atoms in total. The summed E-state index contributed by atoms with van der Waals surface area (Å²) in [6, 6.07) is 0. The average Bonchev–Trinajstić information content (AvgIpc) is 2.40. The van der Waals surface area contributed by atoms with Crippen LogP contribution in [0.2, 0.25) is 0 Å². The molecule has 0 aromatic carbocycles. The van der Waals surface area contributed by atoms with Crippen LogP contribution in [0.15, 0.2) is 0 Å². The second-order valence-corrected chi connectivity index (χ2v) is 5.76. The Morgan fingerprint density at radius 3 is 2.21 bits per heavy atom. The van der Waals surface area contributed by atoms with Crippen molar-refractivity contribution in [3.63, 3.8) is 0 Å². The van der Waals surface area contributed by atoms with E-state index in [1.807, 2.05) is 6.92 Å². The Kier molecular flexibility index (Phi) is 8.11. The number of likely N-dealkylation sites (tertiary alicyclic amines) is 1. The Morgan fingerprint density at radius 1 is 1.16 bits per heavy atom. The van der Waals surface area contributed by atoms with E-state index in [1.165, 1.54) is 38.5 Å². The maximum atomic E-state index is 11.5. The van der Waals surface area contributed by atoms with Crippen LogP contribution in [0.1, 0.15) is 59.3 Å². The van der Waals surface area contributed by atoms with Gasteiger partial charge in [0.05, 0.1) is 13.2 Å². The fraction of sp³-hybridized carbons (Fsp3) is 0.938. The molecular weight excluding hydrogens is 238 g/mol. The van der Waals surface area contributed by atoms with E-state index in [0.29, 0.717) is 13.2 Å². The molecule has 19 heavy (non-hydrogen) atoms. The van der Waals surface area contributed by atoms with Crippen LogP contribution in [0.5, 0.6) is 0 Å². The quantitative estimate of drug-likeness (QED) is 0.632. The van der Waals surface area contributed by atoms with Gasteiger partial charge in [-0.15, -0.1) is 0 Å². The molecule has 1 heterocycles. The second kappa shape index (κ2) is 9.35. The van der Waals surface area contributed by atoms with E-state index in [4.69, 9.17) is 4.74 Å². The van der Waals surface area contributed by atoms with Crippen LogP contribution in [0.25, 0.3) is 0 Å². The van der Waals surface area contributed by atoms with Gasteiger partial charge in [0.25, 0.3) is 0 Å². The molecular formula is C16H31NO2. The number of rotatable bonds is 8. The van der Waals surface area contributed by atoms with E-state index in [0.717, 1.165) is 24.9 Å². The van der Waals surface area contributed by atoms with E-state index >= 15 is 0 Å². The smallest absolute Gasteiger partial charge is 0.320 e. The van der Waals surface area contributed by atoms with Gasteiger partial charge in [0, 0.05) is 0 Å². The molecule has 0 radical (unpaired) electrons. The standard InChI is InChI=1S/C16H31NO2/c1-4-7-14(8-5-2)15-9-11-17(12-10-15)13-16(18)19-6-3/h14-15H,4-13H2,1-3H3. The minimum Gasteiger partial charge on any atom is -0.465 e. The molecule has 0 amide bonds. The minimum atomic E-state index is -0.0698. The van der Waals surface area contributed by atoms with E-state index in [-0.39, 0.29) is 5.97 Å². The van der Waals surface area contributed by atoms with Crippen LogP contribution < -0.4 is 0 Å². The first kappa shape index (κ1) is 16.5. The summed E-state index contributed by atoms with van der Waals surface area (Å²) in [5.41, 5.74) is 0. The maximum Gasteiger partial charge on any atom is 0.320 e. The first-order valence-electron chi connectivity index (χ1n) is 8.09. The predicted molar refractivity (Wildman–Crippen MR) is 79.1 cm³/mol. The van der Waals surface area contributed by atoms with Gasteiger partial charge in [-0.3, -0.25) is 9.69 Å². The summed E-state index contributed by atoms with van der Waals surface area (Å²) in [6.45, 7) is 9.54. The minimum absolute atomic E-state index is 0.0698. The molecule has 1 aliphatic rings. The molecule has 1 fully saturated rings. The SMILES string of the molecule is CCCC(CCC)C1CCN(CC(=O)OCC)CC1. The third-order valence-corrected chi connectivity index (χ3v) is 4.28. The lowest BCUT2D eigenvalue weighted by atomic mass is 9.79. The highest BCUT2D eigenvalue weighted by molar-refractivity contribution is 5.71. The molecule has 0 aliphatic carbocycles. The van der Waals surface area contributed by atoms with Gasteiger partial charge in [-0.2, -0.15) is 0 Å². The summed E-state index contributed by atoms with van der Waals surface area (Å²) in [5.74, 6) is 1.71. The Labute approximate surface area is 118 Å². The summed E-state index contributed by atoms with van der Waals surface area (Å²) in [7, 11) is 0. The van der Waals surface area contributed by atoms with Crippen molar-refractivity contribution in [1.82, 2.24) is 4.90 Å². The van der Waals surface area contributed by atoms with Gasteiger partial charge in [-0.1, -0.05) is 39.5 Å². The van der Waals surface area contributed by atoms with Crippen molar-refractivity contribution in [2.45, 2.75) is 59.3 Å². The van der Waals surface area contributed by atoms with Crippen molar-refractivity contribution in [2.24, 2.45) is 11.8 Å². The van der Waals surface area contributed by atoms with Crippen molar-refractivity contribution in [1.29, 1.82) is 0 Å². The number of esters is 1. The topological polar surface area (TPSA) is 29.5 Å². The monoisotopic (exact) mass is 269 g/mol. The highest BCUT2D eigenvalue weighted by atomic mass is 16.5. The summed E-state index contributed by atoms with van der Waals surface area (Å²) in [4.78, 5) is 13.7. The molecule has 112 valence electrons. The number of hydrogen-bond acceptors (Lipinski definition) is 3. The van der Waals surface area contributed by atoms with Crippen molar-refractivity contribution < 1.29 is 9.53 Å². The molecule has 0 aromatic heterocycles. The average molecular weight is 269 g/mol. The van der Waals surface area contributed by atoms with Crippen LogP contribution in [-0.2, 0) is 9.53 Å². The lowest BCUT2D eigenvalue weighted by Gasteiger charge is -2.35. The molecule has 0 N–H and O–H groups in total. The Hall–Kier alpha value is -0.570. The zero-order chi connectivity index (χ0) is 14.1. The van der Waals surface area contributed by atoms with Gasteiger partial charge in [-0.05, 0) is 44.7 Å². The van der Waals surface area contributed by atoms with Crippen LogP contribution in [0, 0.1) is 11.8 Å². The number of piperidine rings is 1. The molecule has 0 spiro atoms. The second-order valence-electron chi connectivity index (χ2n) is 5.76. The molecule has 1 saturated heterocycles. The summed E-state index contributed by atoms with van der Waals surface area (Å²) < 4.78 is 5.02. The Bertz CT molecular complexity index is 241. The Morgan fingerprint density at radius 2 is 1.74 bits per heavy atom. The van der Waals surface area contributed by atoms with Gasteiger partial charge < -0.3 is 4.74 Å². The highest BCUT2D eigenvalue weighted by Crippen LogP contribution is 2.31. The summed E-state index contributed by atoms with van der Waals surface area (Å²) >= 11 is 0. The van der Waals surface area contributed by atoms with Crippen molar-refractivity contribution >= 4 is 5.97 Å². The normalized spacial score (nSPS) is 17.9. The Balaban J connectivity index is 2.32. The van der Waals surface area contributed by atoms with Crippen LogP contribution in [-0.4, -0.2) is 37.1 Å². The number of hydrogen-bond donors (Lipinski definition) is 0. The maximum absolute atomic E-state index is 11.5. The molecule has 0 saturated carbocycles. The molecule has 0 atom stereocenters. The zero-order valence-corrected chi connectivity index (χ0v) is 13.0. The van der Waals surface area contributed by atoms with E-state index < -0.39 is 0 Å². The van der Waals surface area contributed by atoms with Gasteiger partial charge in [0.1, 0.15) is 0 Å². The third kappa shape index (κ3) is 5.94. The fourth-order valence-electron chi connectivity index (χ4n) is 3.33. The number of ether oxygens (including phenoxy) is 1. The fourth-order valence-corrected chi connectivity index (χ4v) is 3.33. The molecule has 0 unspecified atom stereocenters. The predicted octanol–water partition coefficient (Wildman–Crippen LogP) is 3.48. The molecule has 0 bridgehead atoms. The van der Waals surface area contributed by atoms with Gasteiger partial charge >= 0.3 is 5.97 Å². The van der Waals surface area contributed by atoms with E-state index in [1.54, 1.807) is 0 Å². The van der Waals surface area contributed by atoms with Crippen LogP contribution >= 0.6 is 0 Å². The van der Waals surface area contributed by atoms with Crippen molar-refractivity contribution in [3.05, 3.63) is 0 Å². The van der Waals surface area contributed by atoms with Gasteiger partial charge in [-0.25, -0.2) is 0 Å². The number of nitrogens with zero attached hydrogens (tertiary/aromatic N) is 1. The summed E-state index contributed by atoms with van der Waals surface area (Å²) in [6.07, 6.45) is 7.85. The molecule has 1 rings (SSSR count). The number of carbonyl (C=O) groups is 1. The molecule has 1 aliphatic heterocycles. The molecule has 3 heteroatoms. The van der Waals surface area contributed by atoms with Crippen molar-refractivity contribution in [2.75, 3.05) is 26.2 Å². The van der Waals surface area contributed by atoms with Crippen LogP contribution in [0.3, 0.4) is 0 Å². The third-order valence-electron chi connectivity index (χ3n) is 4.28. The van der Waals surface area contributed by atoms with Gasteiger partial charge in [0.15, 0.2) is 0 Å². The van der Waals surface area contributed by atoms with E-state index in [9.17, 15) is 4.79 Å². The van der Waals surface area contributed by atoms with E-state index in [2.05, 4.69) is 18.7 Å².